The minimum absolute atomic E-state index is 0.00770. The van der Waals surface area contributed by atoms with Gasteiger partial charge in [0.15, 0.2) is 0 Å². The van der Waals surface area contributed by atoms with Crippen LogP contribution in [0.2, 0.25) is 0 Å². The number of ether oxygens (including phenoxy) is 7. The summed E-state index contributed by atoms with van der Waals surface area (Å²) in [4.78, 5) is 95.5. The SMILES string of the molecule is CCCCCCCCC(=O)OCC(COC(=O)CCCCCCCC)CC(=O)OC[C@H]1C[C@H](OC(=O)CC(COC(=O)CCCCCCCC)COC(=O)CCCCCCCC)CN1C(=O)OC1CCCN(C)C1. The Bertz CT molecular complexity index is 1480. The predicted molar refractivity (Wildman–Crippen MR) is 285 cm³/mol. The summed E-state index contributed by atoms with van der Waals surface area (Å²) in [7, 11) is 1.97. The first-order valence-corrected chi connectivity index (χ1v) is 29.5. The van der Waals surface area contributed by atoms with Crippen LogP contribution in [0.3, 0.4) is 0 Å². The summed E-state index contributed by atoms with van der Waals surface area (Å²) >= 11 is 0. The number of carbonyl (C=O) groups is 7. The smallest absolute Gasteiger partial charge is 0.410 e. The standard InChI is InChI=1S/C58H102N2O14/c1-6-10-14-18-22-26-32-52(61)68-42-47(43-69-53(62)33-27-23-19-15-11-7-2)37-56(65)72-46-49-39-51(41-60(49)58(67)74-50-31-30-36-59(5)40-50)73-57(66)38-48(44-70-54(63)34-28-24-20-16-12-8-3)45-71-55(64)35-29-25-21-17-13-9-4/h47-51H,6-46H2,1-5H3/t49-,50?,51+/m1/s1. The van der Waals surface area contributed by atoms with Crippen molar-refractivity contribution >= 4 is 41.9 Å². The van der Waals surface area contributed by atoms with Crippen molar-refractivity contribution in [3.8, 4) is 0 Å². The number of nitrogens with zero attached hydrogens (tertiary/aromatic N) is 2. The number of esters is 6. The number of amides is 1. The zero-order valence-corrected chi connectivity index (χ0v) is 47.0. The van der Waals surface area contributed by atoms with Gasteiger partial charge in [-0.3, -0.25) is 33.7 Å². The van der Waals surface area contributed by atoms with Crippen LogP contribution in [0.4, 0.5) is 4.79 Å². The lowest BCUT2D eigenvalue weighted by Crippen LogP contribution is -2.44. The molecule has 16 heteroatoms. The molecule has 0 bridgehead atoms. The van der Waals surface area contributed by atoms with Gasteiger partial charge in [-0.25, -0.2) is 4.79 Å². The quantitative estimate of drug-likeness (QED) is 0.0318. The van der Waals surface area contributed by atoms with E-state index in [0.29, 0.717) is 38.6 Å². The lowest BCUT2D eigenvalue weighted by atomic mass is 10.1. The molecule has 74 heavy (non-hydrogen) atoms. The Morgan fingerprint density at radius 2 is 0.811 bits per heavy atom. The molecule has 1 amide bonds. The lowest BCUT2D eigenvalue weighted by molar-refractivity contribution is -0.157. The highest BCUT2D eigenvalue weighted by Crippen LogP contribution is 2.26. The van der Waals surface area contributed by atoms with E-state index in [-0.39, 0.29) is 115 Å². The number of rotatable bonds is 44. The van der Waals surface area contributed by atoms with E-state index in [0.717, 1.165) is 141 Å². The van der Waals surface area contributed by atoms with Crippen molar-refractivity contribution in [3.63, 3.8) is 0 Å². The molecule has 0 aliphatic carbocycles. The molecular weight excluding hydrogens is 949 g/mol. The number of unbranched alkanes of at least 4 members (excludes halogenated alkanes) is 20. The number of likely N-dealkylation sites (N-methyl/N-ethyl adjacent to an activating group) is 1. The molecule has 0 aromatic carbocycles. The average molecular weight is 1050 g/mol. The van der Waals surface area contributed by atoms with E-state index in [2.05, 4.69) is 32.6 Å². The second-order valence-electron chi connectivity index (χ2n) is 21.2. The van der Waals surface area contributed by atoms with Gasteiger partial charge in [0.2, 0.25) is 0 Å². The molecule has 0 radical (unpaired) electrons. The monoisotopic (exact) mass is 1050 g/mol. The van der Waals surface area contributed by atoms with Crippen molar-refractivity contribution in [2.75, 3.05) is 59.7 Å². The van der Waals surface area contributed by atoms with Crippen LogP contribution >= 0.6 is 0 Å². The Labute approximate surface area is 446 Å². The van der Waals surface area contributed by atoms with E-state index >= 15 is 0 Å². The molecule has 0 aromatic heterocycles. The van der Waals surface area contributed by atoms with E-state index in [1.807, 2.05) is 7.05 Å². The molecule has 16 nitrogen and oxygen atoms in total. The minimum atomic E-state index is -0.774. The van der Waals surface area contributed by atoms with Gasteiger partial charge in [-0.05, 0) is 52.1 Å². The molecule has 0 aromatic rings. The summed E-state index contributed by atoms with van der Waals surface area (Å²) in [5, 5.41) is 0. The van der Waals surface area contributed by atoms with Gasteiger partial charge in [0.25, 0.3) is 0 Å². The fourth-order valence-electron chi connectivity index (χ4n) is 9.38. The minimum Gasteiger partial charge on any atom is -0.465 e. The Morgan fingerprint density at radius 1 is 0.432 bits per heavy atom. The van der Waals surface area contributed by atoms with Crippen LogP contribution in [0.15, 0.2) is 0 Å². The second kappa shape index (κ2) is 43.2. The van der Waals surface area contributed by atoms with E-state index in [1.54, 1.807) is 0 Å². The van der Waals surface area contributed by atoms with Crippen LogP contribution in [-0.4, -0.2) is 130 Å². The van der Waals surface area contributed by atoms with Crippen LogP contribution in [0.25, 0.3) is 0 Å². The molecule has 2 heterocycles. The maximum Gasteiger partial charge on any atom is 0.410 e. The van der Waals surface area contributed by atoms with Crippen LogP contribution in [0.1, 0.15) is 240 Å². The van der Waals surface area contributed by atoms with E-state index < -0.39 is 42.0 Å². The first kappa shape index (κ1) is 66.2. The predicted octanol–water partition coefficient (Wildman–Crippen LogP) is 11.9. The normalized spacial score (nSPS) is 16.8. The maximum atomic E-state index is 13.8. The Hall–Kier alpha value is -3.95. The van der Waals surface area contributed by atoms with Gasteiger partial charge in [0.1, 0.15) is 18.8 Å². The molecule has 0 spiro atoms. The maximum absolute atomic E-state index is 13.8. The van der Waals surface area contributed by atoms with Gasteiger partial charge in [-0.2, -0.15) is 0 Å². The van der Waals surface area contributed by atoms with Gasteiger partial charge in [0.05, 0.1) is 51.9 Å². The molecule has 2 rings (SSSR count). The summed E-state index contributed by atoms with van der Waals surface area (Å²) in [6.45, 7) is 9.36. The Morgan fingerprint density at radius 3 is 1.20 bits per heavy atom. The summed E-state index contributed by atoms with van der Waals surface area (Å²) in [5.41, 5.74) is 0. The molecule has 1 unspecified atom stereocenters. The summed E-state index contributed by atoms with van der Waals surface area (Å²) < 4.78 is 40.1. The van der Waals surface area contributed by atoms with E-state index in [4.69, 9.17) is 33.2 Å². The molecular formula is C58H102N2O14. The number of likely N-dealkylation sites (tertiary alicyclic amines) is 2. The van der Waals surface area contributed by atoms with Gasteiger partial charge in [-0.15, -0.1) is 0 Å². The summed E-state index contributed by atoms with van der Waals surface area (Å²) in [6.07, 6.45) is 25.1. The Balaban J connectivity index is 2.12. The highest BCUT2D eigenvalue weighted by molar-refractivity contribution is 5.73. The topological polar surface area (TPSA) is 191 Å². The number of hydrogen-bond acceptors (Lipinski definition) is 15. The van der Waals surface area contributed by atoms with Crippen molar-refractivity contribution in [1.29, 1.82) is 0 Å². The molecule has 0 saturated carbocycles. The van der Waals surface area contributed by atoms with Crippen LogP contribution in [0, 0.1) is 11.8 Å². The lowest BCUT2D eigenvalue weighted by Gasteiger charge is -2.31. The highest BCUT2D eigenvalue weighted by atomic mass is 16.6. The second-order valence-corrected chi connectivity index (χ2v) is 21.2. The largest absolute Gasteiger partial charge is 0.465 e. The van der Waals surface area contributed by atoms with Crippen LogP contribution in [-0.2, 0) is 61.9 Å². The van der Waals surface area contributed by atoms with Crippen molar-refractivity contribution in [3.05, 3.63) is 0 Å². The first-order valence-electron chi connectivity index (χ1n) is 29.5. The number of piperidine rings is 1. The molecule has 2 fully saturated rings. The molecule has 0 N–H and O–H groups in total. The number of carbonyl (C=O) groups excluding carboxylic acids is 7. The molecule has 428 valence electrons. The zero-order valence-electron chi connectivity index (χ0n) is 47.0. The van der Waals surface area contributed by atoms with Crippen molar-refractivity contribution in [2.45, 2.75) is 258 Å². The third kappa shape index (κ3) is 33.9. The highest BCUT2D eigenvalue weighted by Gasteiger charge is 2.40. The number of hydrogen-bond donors (Lipinski definition) is 0. The Kier molecular flexibility index (Phi) is 38.6. The molecule has 2 aliphatic rings. The van der Waals surface area contributed by atoms with E-state index in [1.165, 1.54) is 4.90 Å². The summed E-state index contributed by atoms with van der Waals surface area (Å²) in [5.74, 6) is -4.03. The van der Waals surface area contributed by atoms with Gasteiger partial charge >= 0.3 is 41.9 Å². The third-order valence-corrected chi connectivity index (χ3v) is 14.0. The van der Waals surface area contributed by atoms with Crippen LogP contribution < -0.4 is 0 Å². The molecule has 2 saturated heterocycles. The molecule has 2 aliphatic heterocycles. The van der Waals surface area contributed by atoms with Gasteiger partial charge < -0.3 is 38.1 Å². The molecule has 3 atom stereocenters. The van der Waals surface area contributed by atoms with Crippen LogP contribution in [0.5, 0.6) is 0 Å². The zero-order chi connectivity index (χ0) is 54.0. The van der Waals surface area contributed by atoms with E-state index in [9.17, 15) is 33.6 Å². The van der Waals surface area contributed by atoms with Gasteiger partial charge in [0, 0.05) is 50.5 Å². The fourth-order valence-corrected chi connectivity index (χ4v) is 9.38. The fraction of sp³-hybridized carbons (Fsp3) is 0.879. The first-order chi connectivity index (χ1) is 35.9. The third-order valence-electron chi connectivity index (χ3n) is 14.0. The van der Waals surface area contributed by atoms with Crippen molar-refractivity contribution in [1.82, 2.24) is 9.80 Å². The summed E-state index contributed by atoms with van der Waals surface area (Å²) in [6, 6.07) is -0.698. The van der Waals surface area contributed by atoms with Gasteiger partial charge in [-0.1, -0.05) is 156 Å². The average Bonchev–Trinajstić information content (AvgIpc) is 3.78. The van der Waals surface area contributed by atoms with Crippen molar-refractivity contribution < 1.29 is 66.7 Å². The van der Waals surface area contributed by atoms with Crippen molar-refractivity contribution in [2.24, 2.45) is 11.8 Å².